The van der Waals surface area contributed by atoms with Gasteiger partial charge >= 0.3 is 11.9 Å². The van der Waals surface area contributed by atoms with Crippen LogP contribution < -0.4 is 18.9 Å². The predicted molar refractivity (Wildman–Crippen MR) is 150 cm³/mol. The van der Waals surface area contributed by atoms with E-state index in [1.54, 1.807) is 19.3 Å². The summed E-state index contributed by atoms with van der Waals surface area (Å²) in [4.78, 5) is 38.6. The second-order valence-electron chi connectivity index (χ2n) is 10.5. The van der Waals surface area contributed by atoms with Crippen LogP contribution in [-0.2, 0) is 14.3 Å². The van der Waals surface area contributed by atoms with Crippen molar-refractivity contribution in [2.45, 2.75) is 83.8 Å². The smallest absolute Gasteiger partial charge is 0.342 e. The van der Waals surface area contributed by atoms with Gasteiger partial charge in [-0.15, -0.1) is 0 Å². The van der Waals surface area contributed by atoms with Crippen molar-refractivity contribution in [3.63, 3.8) is 0 Å². The molecule has 0 spiro atoms. The van der Waals surface area contributed by atoms with E-state index < -0.39 is 11.9 Å². The number of carbonyl (C=O) groups is 3. The van der Waals surface area contributed by atoms with Crippen molar-refractivity contribution in [1.29, 1.82) is 0 Å². The van der Waals surface area contributed by atoms with E-state index in [-0.39, 0.29) is 35.9 Å². The lowest BCUT2D eigenvalue weighted by atomic mass is 9.83. The van der Waals surface area contributed by atoms with Gasteiger partial charge in [0.2, 0.25) is 0 Å². The van der Waals surface area contributed by atoms with Crippen LogP contribution >= 0.6 is 0 Å². The Labute approximate surface area is 235 Å². The number of carbonyl (C=O) groups excluding carboxylic acids is 3. The van der Waals surface area contributed by atoms with Gasteiger partial charge in [-0.1, -0.05) is 18.2 Å². The van der Waals surface area contributed by atoms with E-state index in [0.29, 0.717) is 66.2 Å². The topological polar surface area (TPSA) is 97.4 Å². The fourth-order valence-electron chi connectivity index (χ4n) is 5.25. The Balaban J connectivity index is 1.86. The molecule has 0 N–H and O–H groups in total. The van der Waals surface area contributed by atoms with Crippen LogP contribution in [0.3, 0.4) is 0 Å². The summed E-state index contributed by atoms with van der Waals surface area (Å²) in [7, 11) is 3.08. The molecule has 40 heavy (non-hydrogen) atoms. The molecule has 214 valence electrons. The van der Waals surface area contributed by atoms with Crippen LogP contribution in [0.1, 0.15) is 98.7 Å². The Kier molecular flexibility index (Phi) is 9.50. The number of fused-ring (bicyclic) bond motifs is 2. The third-order valence-corrected chi connectivity index (χ3v) is 7.11. The molecule has 0 bridgehead atoms. The molecule has 8 heteroatoms. The van der Waals surface area contributed by atoms with Crippen LogP contribution in [-0.4, -0.2) is 44.1 Å². The molecule has 2 aromatic carbocycles. The highest BCUT2D eigenvalue weighted by atomic mass is 16.6. The molecule has 0 aromatic heterocycles. The number of cyclic esters (lactones) is 1. The SMILES string of the molecule is COc1ccc(C2CC(=O)Oc3cc4c(c(OC)c32)C(=O)O[C@@H](C)CCCC(=O)CCCC=C4)cc1OC(C)C. The molecular formula is C32H38O8. The third-order valence-electron chi connectivity index (χ3n) is 7.11. The van der Waals surface area contributed by atoms with E-state index >= 15 is 0 Å². The van der Waals surface area contributed by atoms with Crippen LogP contribution in [0.25, 0.3) is 6.08 Å². The molecule has 0 aliphatic carbocycles. The van der Waals surface area contributed by atoms with E-state index in [1.807, 2.05) is 45.0 Å². The highest BCUT2D eigenvalue weighted by Gasteiger charge is 2.36. The van der Waals surface area contributed by atoms with Crippen LogP contribution in [0.5, 0.6) is 23.0 Å². The first-order valence-electron chi connectivity index (χ1n) is 13.9. The largest absolute Gasteiger partial charge is 0.495 e. The molecule has 2 heterocycles. The normalized spacial score (nSPS) is 20.1. The van der Waals surface area contributed by atoms with Gasteiger partial charge in [-0.05, 0) is 75.8 Å². The lowest BCUT2D eigenvalue weighted by Crippen LogP contribution is -2.24. The molecule has 0 amide bonds. The van der Waals surface area contributed by atoms with Crippen molar-refractivity contribution < 1.29 is 38.1 Å². The first-order valence-corrected chi connectivity index (χ1v) is 13.9. The number of methoxy groups -OCH3 is 2. The maximum Gasteiger partial charge on any atom is 0.342 e. The zero-order valence-corrected chi connectivity index (χ0v) is 23.9. The average molecular weight is 551 g/mol. The summed E-state index contributed by atoms with van der Waals surface area (Å²) in [5.41, 5.74) is 2.22. The van der Waals surface area contributed by atoms with E-state index in [2.05, 4.69) is 0 Å². The zero-order chi connectivity index (χ0) is 28.8. The second kappa shape index (κ2) is 13.0. The molecule has 8 nitrogen and oxygen atoms in total. The van der Waals surface area contributed by atoms with Crippen molar-refractivity contribution in [2.75, 3.05) is 14.2 Å². The number of benzene rings is 2. The fourth-order valence-corrected chi connectivity index (χ4v) is 5.25. The minimum absolute atomic E-state index is 0.0604. The third kappa shape index (κ3) is 6.66. The van der Waals surface area contributed by atoms with Gasteiger partial charge in [0.25, 0.3) is 0 Å². The molecule has 4 rings (SSSR count). The fraction of sp³-hybridized carbons (Fsp3) is 0.469. The Morgan fingerprint density at radius 3 is 2.48 bits per heavy atom. The van der Waals surface area contributed by atoms with Gasteiger partial charge in [0.15, 0.2) is 11.5 Å². The number of rotatable bonds is 5. The van der Waals surface area contributed by atoms with Crippen molar-refractivity contribution in [3.8, 4) is 23.0 Å². The van der Waals surface area contributed by atoms with Gasteiger partial charge in [-0.2, -0.15) is 0 Å². The molecule has 2 aromatic rings. The second-order valence-corrected chi connectivity index (χ2v) is 10.5. The van der Waals surface area contributed by atoms with E-state index in [0.717, 1.165) is 12.0 Å². The number of ketones is 1. The molecular weight excluding hydrogens is 512 g/mol. The van der Waals surface area contributed by atoms with Crippen molar-refractivity contribution in [3.05, 3.63) is 52.6 Å². The zero-order valence-electron chi connectivity index (χ0n) is 23.9. The number of hydrogen-bond acceptors (Lipinski definition) is 8. The number of hydrogen-bond donors (Lipinski definition) is 0. The van der Waals surface area contributed by atoms with Gasteiger partial charge < -0.3 is 23.7 Å². The first kappa shape index (κ1) is 29.2. The molecule has 1 unspecified atom stereocenters. The summed E-state index contributed by atoms with van der Waals surface area (Å²) in [6.45, 7) is 5.68. The van der Waals surface area contributed by atoms with Crippen molar-refractivity contribution in [1.82, 2.24) is 0 Å². The molecule has 0 fully saturated rings. The van der Waals surface area contributed by atoms with Crippen LogP contribution in [0.4, 0.5) is 0 Å². The maximum atomic E-state index is 13.6. The first-order chi connectivity index (χ1) is 19.2. The monoisotopic (exact) mass is 550 g/mol. The van der Waals surface area contributed by atoms with Gasteiger partial charge in [0.1, 0.15) is 22.8 Å². The van der Waals surface area contributed by atoms with E-state index in [4.69, 9.17) is 23.7 Å². The van der Waals surface area contributed by atoms with Crippen LogP contribution in [0.2, 0.25) is 0 Å². The molecule has 0 saturated carbocycles. The molecule has 0 saturated heterocycles. The standard InChI is InChI=1S/C32H38O8/c1-19(2)38-26-16-21(14-15-25(26)36-4)24-18-28(34)40-27-17-22-11-7-6-8-12-23(33)13-9-10-20(3)39-32(35)29(22)31(37-5)30(24)27/h7,11,14-17,19-20,24H,6,8-10,12-13,18H2,1-5H3/t20-,24?/m0/s1. The van der Waals surface area contributed by atoms with Gasteiger partial charge in [0, 0.05) is 24.3 Å². The molecule has 2 atom stereocenters. The lowest BCUT2D eigenvalue weighted by molar-refractivity contribution is -0.135. The van der Waals surface area contributed by atoms with Crippen LogP contribution in [0, 0.1) is 0 Å². The summed E-state index contributed by atoms with van der Waals surface area (Å²) in [5, 5.41) is 0. The van der Waals surface area contributed by atoms with Crippen LogP contribution in [0.15, 0.2) is 30.3 Å². The molecule has 0 radical (unpaired) electrons. The Morgan fingerprint density at radius 1 is 0.975 bits per heavy atom. The van der Waals surface area contributed by atoms with Crippen molar-refractivity contribution >= 4 is 23.8 Å². The number of allylic oxidation sites excluding steroid dienone is 1. The minimum atomic E-state index is -0.524. The summed E-state index contributed by atoms with van der Waals surface area (Å²) in [5.74, 6) is 0.644. The van der Waals surface area contributed by atoms with Gasteiger partial charge in [-0.25, -0.2) is 4.79 Å². The Hall–Kier alpha value is -3.81. The summed E-state index contributed by atoms with van der Waals surface area (Å²) in [6.07, 6.45) is 6.95. The van der Waals surface area contributed by atoms with Gasteiger partial charge in [0.05, 0.1) is 32.8 Å². The van der Waals surface area contributed by atoms with Crippen molar-refractivity contribution in [2.24, 2.45) is 0 Å². The summed E-state index contributed by atoms with van der Waals surface area (Å²) in [6, 6.07) is 7.25. The quantitative estimate of drug-likeness (QED) is 0.311. The Morgan fingerprint density at radius 2 is 1.75 bits per heavy atom. The lowest BCUT2D eigenvalue weighted by Gasteiger charge is -2.29. The summed E-state index contributed by atoms with van der Waals surface area (Å²) < 4.78 is 28.9. The maximum absolute atomic E-state index is 13.6. The van der Waals surface area contributed by atoms with E-state index in [9.17, 15) is 14.4 Å². The minimum Gasteiger partial charge on any atom is -0.495 e. The number of Topliss-reactive ketones (excluding diaryl/α,β-unsaturated/α-hetero) is 1. The highest BCUT2D eigenvalue weighted by Crippen LogP contribution is 2.48. The Bertz CT molecular complexity index is 1290. The molecule has 2 aliphatic heterocycles. The summed E-state index contributed by atoms with van der Waals surface area (Å²) >= 11 is 0. The van der Waals surface area contributed by atoms with E-state index in [1.165, 1.54) is 7.11 Å². The number of esters is 2. The average Bonchev–Trinajstić information content (AvgIpc) is 2.90. The molecule has 2 aliphatic rings. The predicted octanol–water partition coefficient (Wildman–Crippen LogP) is 6.41. The highest BCUT2D eigenvalue weighted by molar-refractivity contribution is 5.99. The number of ether oxygens (including phenoxy) is 5. The van der Waals surface area contributed by atoms with Gasteiger partial charge in [-0.3, -0.25) is 9.59 Å².